The molecule has 0 aromatic carbocycles. The third-order valence-electron chi connectivity index (χ3n) is 5.12. The zero-order chi connectivity index (χ0) is 16.3. The van der Waals surface area contributed by atoms with E-state index in [4.69, 9.17) is 5.73 Å². The van der Waals surface area contributed by atoms with Gasteiger partial charge in [0.1, 0.15) is 5.75 Å². The Labute approximate surface area is 133 Å². The Kier molecular flexibility index (Phi) is 5.85. The van der Waals surface area contributed by atoms with Crippen LogP contribution in [0.2, 0.25) is 0 Å². The van der Waals surface area contributed by atoms with E-state index in [9.17, 15) is 13.2 Å². The molecule has 0 saturated heterocycles. The molecule has 2 rings (SSSR count). The number of fused-ring (bicyclic) bond motifs is 2. The van der Waals surface area contributed by atoms with Crippen molar-refractivity contribution < 1.29 is 13.2 Å². The Morgan fingerprint density at radius 2 is 1.73 bits per heavy atom. The second-order valence-corrected chi connectivity index (χ2v) is 8.59. The smallest absolute Gasteiger partial charge is 0.236 e. The molecule has 2 aliphatic carbocycles. The molecule has 3 N–H and O–H groups in total. The Hall–Kier alpha value is -0.660. The summed E-state index contributed by atoms with van der Waals surface area (Å²) in [6.45, 7) is 4.36. The van der Waals surface area contributed by atoms with E-state index < -0.39 is 15.8 Å². The summed E-state index contributed by atoms with van der Waals surface area (Å²) in [4.78, 5) is 12.2. The van der Waals surface area contributed by atoms with Gasteiger partial charge in [-0.1, -0.05) is 20.3 Å². The van der Waals surface area contributed by atoms with Crippen molar-refractivity contribution >= 4 is 15.9 Å². The first-order valence-corrected chi connectivity index (χ1v) is 10.0. The third-order valence-corrected chi connectivity index (χ3v) is 7.05. The number of carbonyl (C=O) groups is 1. The normalized spacial score (nSPS) is 32.0. The number of nitrogens with zero attached hydrogens (tertiary/aromatic N) is 1. The van der Waals surface area contributed by atoms with Crippen LogP contribution in [0.5, 0.6) is 0 Å². The van der Waals surface area contributed by atoms with E-state index in [1.165, 1.54) is 10.7 Å². The SMILES string of the molecule is CCN(CC)S(=O)(=O)CC(=O)NC1C2CCCC1CC(N)C2. The van der Waals surface area contributed by atoms with Crippen LogP contribution < -0.4 is 11.1 Å². The van der Waals surface area contributed by atoms with Crippen LogP contribution in [0.4, 0.5) is 0 Å². The lowest BCUT2D eigenvalue weighted by atomic mass is 9.67. The van der Waals surface area contributed by atoms with Gasteiger partial charge in [0.2, 0.25) is 15.9 Å². The molecule has 2 atom stereocenters. The van der Waals surface area contributed by atoms with Crippen LogP contribution in [0.15, 0.2) is 0 Å². The first kappa shape index (κ1) is 17.7. The Balaban J connectivity index is 1.97. The van der Waals surface area contributed by atoms with Gasteiger partial charge in [0.25, 0.3) is 0 Å². The van der Waals surface area contributed by atoms with E-state index in [2.05, 4.69) is 5.32 Å². The fourth-order valence-electron chi connectivity index (χ4n) is 4.13. The molecule has 0 radical (unpaired) electrons. The molecule has 2 aliphatic rings. The Bertz CT molecular complexity index is 476. The lowest BCUT2D eigenvalue weighted by Crippen LogP contribution is -2.55. The average Bonchev–Trinajstić information content (AvgIpc) is 2.40. The summed E-state index contributed by atoms with van der Waals surface area (Å²) in [7, 11) is -3.51. The van der Waals surface area contributed by atoms with E-state index in [1.54, 1.807) is 13.8 Å². The maximum Gasteiger partial charge on any atom is 0.236 e. The average molecular weight is 331 g/mol. The number of sulfonamides is 1. The molecular weight excluding hydrogens is 302 g/mol. The maximum absolute atomic E-state index is 12.2. The molecule has 2 saturated carbocycles. The topological polar surface area (TPSA) is 92.5 Å². The summed E-state index contributed by atoms with van der Waals surface area (Å²) in [6.07, 6.45) is 5.22. The lowest BCUT2D eigenvalue weighted by Gasteiger charge is -2.45. The van der Waals surface area contributed by atoms with Crippen molar-refractivity contribution in [2.75, 3.05) is 18.8 Å². The van der Waals surface area contributed by atoms with Crippen molar-refractivity contribution in [1.82, 2.24) is 9.62 Å². The summed E-state index contributed by atoms with van der Waals surface area (Å²) in [5.41, 5.74) is 6.08. The summed E-state index contributed by atoms with van der Waals surface area (Å²) in [5.74, 6) is -0.00841. The van der Waals surface area contributed by atoms with E-state index >= 15 is 0 Å². The first-order valence-electron chi connectivity index (χ1n) is 8.40. The van der Waals surface area contributed by atoms with Crippen LogP contribution >= 0.6 is 0 Å². The molecule has 0 aliphatic heterocycles. The molecule has 22 heavy (non-hydrogen) atoms. The third kappa shape index (κ3) is 4.00. The number of nitrogens with two attached hydrogens (primary N) is 1. The number of nitrogens with one attached hydrogen (secondary N) is 1. The van der Waals surface area contributed by atoms with E-state index in [1.807, 2.05) is 0 Å². The van der Waals surface area contributed by atoms with Crippen LogP contribution in [0.1, 0.15) is 46.0 Å². The molecule has 1 amide bonds. The van der Waals surface area contributed by atoms with Gasteiger partial charge in [-0.3, -0.25) is 4.79 Å². The van der Waals surface area contributed by atoms with Crippen LogP contribution in [-0.4, -0.2) is 49.6 Å². The van der Waals surface area contributed by atoms with Gasteiger partial charge in [0.05, 0.1) is 0 Å². The molecule has 128 valence electrons. The molecule has 0 heterocycles. The van der Waals surface area contributed by atoms with Crippen molar-refractivity contribution in [3.05, 3.63) is 0 Å². The maximum atomic E-state index is 12.2. The molecule has 2 fully saturated rings. The number of amides is 1. The summed E-state index contributed by atoms with van der Waals surface area (Å²) in [5, 5.41) is 3.00. The number of hydrogen-bond acceptors (Lipinski definition) is 4. The zero-order valence-electron chi connectivity index (χ0n) is 13.6. The van der Waals surface area contributed by atoms with Gasteiger partial charge >= 0.3 is 0 Å². The second kappa shape index (κ2) is 7.27. The quantitative estimate of drug-likeness (QED) is 0.748. The van der Waals surface area contributed by atoms with Crippen LogP contribution in [0.25, 0.3) is 0 Å². The second-order valence-electron chi connectivity index (χ2n) is 6.62. The minimum absolute atomic E-state index is 0.105. The number of hydrogen-bond donors (Lipinski definition) is 2. The van der Waals surface area contributed by atoms with Gasteiger partial charge in [-0.2, -0.15) is 0 Å². The van der Waals surface area contributed by atoms with Crippen LogP contribution in [0, 0.1) is 11.8 Å². The Morgan fingerprint density at radius 3 is 2.23 bits per heavy atom. The van der Waals surface area contributed by atoms with E-state index in [0.717, 1.165) is 25.7 Å². The van der Waals surface area contributed by atoms with Gasteiger partial charge in [-0.25, -0.2) is 12.7 Å². The van der Waals surface area contributed by atoms with Crippen molar-refractivity contribution in [2.45, 2.75) is 58.0 Å². The van der Waals surface area contributed by atoms with Crippen molar-refractivity contribution in [3.8, 4) is 0 Å². The molecular formula is C15H29N3O3S. The molecule has 0 spiro atoms. The van der Waals surface area contributed by atoms with Gasteiger partial charge in [0.15, 0.2) is 0 Å². The minimum atomic E-state index is -3.51. The number of carbonyl (C=O) groups excluding carboxylic acids is 1. The van der Waals surface area contributed by atoms with E-state index in [0.29, 0.717) is 24.9 Å². The standard InChI is InChI=1S/C15H29N3O3S/c1-3-18(4-2)22(20,21)10-14(19)17-15-11-6-5-7-12(15)9-13(16)8-11/h11-13,15H,3-10,16H2,1-2H3,(H,17,19). The first-order chi connectivity index (χ1) is 10.4. The molecule has 2 bridgehead atoms. The van der Waals surface area contributed by atoms with Crippen LogP contribution in [0.3, 0.4) is 0 Å². The predicted octanol–water partition coefficient (Wildman–Crippen LogP) is 0.680. The summed E-state index contributed by atoms with van der Waals surface area (Å²) < 4.78 is 25.7. The largest absolute Gasteiger partial charge is 0.352 e. The summed E-state index contributed by atoms with van der Waals surface area (Å²) in [6, 6.07) is 0.329. The van der Waals surface area contributed by atoms with E-state index in [-0.39, 0.29) is 18.0 Å². The highest BCUT2D eigenvalue weighted by molar-refractivity contribution is 7.89. The molecule has 0 aromatic heterocycles. The molecule has 7 heteroatoms. The highest BCUT2D eigenvalue weighted by atomic mass is 32.2. The fraction of sp³-hybridized carbons (Fsp3) is 0.933. The van der Waals surface area contributed by atoms with Gasteiger partial charge in [-0.05, 0) is 37.5 Å². The predicted molar refractivity (Wildman–Crippen MR) is 86.7 cm³/mol. The molecule has 6 nitrogen and oxygen atoms in total. The van der Waals surface area contributed by atoms with Gasteiger partial charge in [-0.15, -0.1) is 0 Å². The molecule has 2 unspecified atom stereocenters. The summed E-state index contributed by atoms with van der Waals surface area (Å²) >= 11 is 0. The molecule has 0 aromatic rings. The van der Waals surface area contributed by atoms with Gasteiger partial charge < -0.3 is 11.1 Å². The van der Waals surface area contributed by atoms with Crippen molar-refractivity contribution in [3.63, 3.8) is 0 Å². The highest BCUT2D eigenvalue weighted by Gasteiger charge is 2.40. The van der Waals surface area contributed by atoms with Crippen molar-refractivity contribution in [1.29, 1.82) is 0 Å². The van der Waals surface area contributed by atoms with Crippen LogP contribution in [-0.2, 0) is 14.8 Å². The lowest BCUT2D eigenvalue weighted by molar-refractivity contribution is -0.121. The van der Waals surface area contributed by atoms with Gasteiger partial charge in [0, 0.05) is 25.2 Å². The fourth-order valence-corrected chi connectivity index (χ4v) is 5.51. The zero-order valence-corrected chi connectivity index (χ0v) is 14.4. The Morgan fingerprint density at radius 1 is 1.18 bits per heavy atom. The minimum Gasteiger partial charge on any atom is -0.352 e. The highest BCUT2D eigenvalue weighted by Crippen LogP contribution is 2.39. The monoisotopic (exact) mass is 331 g/mol. The van der Waals surface area contributed by atoms with Crippen molar-refractivity contribution in [2.24, 2.45) is 17.6 Å². The number of rotatable bonds is 6.